The number of carbonyl (C=O) groups is 1. The van der Waals surface area contributed by atoms with Gasteiger partial charge in [0.2, 0.25) is 12.3 Å². The van der Waals surface area contributed by atoms with Crippen LogP contribution in [0.25, 0.3) is 0 Å². The van der Waals surface area contributed by atoms with Gasteiger partial charge in [-0.15, -0.1) is 0 Å². The Morgan fingerprint density at radius 2 is 1.56 bits per heavy atom. The summed E-state index contributed by atoms with van der Waals surface area (Å²) in [5, 5.41) is -0.521. The van der Waals surface area contributed by atoms with E-state index in [1.165, 1.54) is 0 Å². The Hall–Kier alpha value is -0.470. The van der Waals surface area contributed by atoms with Gasteiger partial charge < -0.3 is 0 Å². The zero-order valence-corrected chi connectivity index (χ0v) is 10.1. The third-order valence-corrected chi connectivity index (χ3v) is 2.80. The average molecular weight is 300 g/mol. The third-order valence-electron chi connectivity index (χ3n) is 1.98. The highest BCUT2D eigenvalue weighted by atomic mass is 32.2. The van der Waals surface area contributed by atoms with Crippen molar-refractivity contribution in [3.63, 3.8) is 0 Å². The first-order valence-electron chi connectivity index (χ1n) is 4.77. The van der Waals surface area contributed by atoms with Gasteiger partial charge in [-0.3, -0.25) is 4.79 Å². The van der Waals surface area contributed by atoms with Crippen molar-refractivity contribution < 1.29 is 35.5 Å². The smallest absolute Gasteiger partial charge is 0.288 e. The van der Waals surface area contributed by atoms with Gasteiger partial charge in [0, 0.05) is 19.1 Å². The molecule has 0 aliphatic rings. The van der Waals surface area contributed by atoms with E-state index in [1.807, 2.05) is 0 Å². The summed E-state index contributed by atoms with van der Waals surface area (Å²) in [6, 6.07) is 0. The number of hydrogen-bond donors (Lipinski definition) is 0. The van der Waals surface area contributed by atoms with Crippen LogP contribution in [0.3, 0.4) is 0 Å². The van der Waals surface area contributed by atoms with Crippen LogP contribution in [0.5, 0.6) is 0 Å². The Balaban J connectivity index is 4.54. The van der Waals surface area contributed by atoms with Crippen LogP contribution < -0.4 is 0 Å². The van der Waals surface area contributed by atoms with Gasteiger partial charge in [-0.05, 0) is 0 Å². The molecule has 0 fully saturated rings. The predicted molar refractivity (Wildman–Crippen MR) is 53.4 cm³/mol. The fourth-order valence-corrected chi connectivity index (χ4v) is 1.63. The highest BCUT2D eigenvalue weighted by molar-refractivity contribution is 8.13. The van der Waals surface area contributed by atoms with E-state index in [0.717, 1.165) is 6.92 Å². The van der Waals surface area contributed by atoms with Crippen molar-refractivity contribution >= 4 is 16.9 Å². The van der Waals surface area contributed by atoms with E-state index in [2.05, 4.69) is 0 Å². The van der Waals surface area contributed by atoms with Crippen LogP contribution in [0.15, 0.2) is 0 Å². The molecule has 2 atom stereocenters. The van der Waals surface area contributed by atoms with Crippen molar-refractivity contribution in [1.29, 1.82) is 0 Å². The molecular weight excluding hydrogens is 289 g/mol. The van der Waals surface area contributed by atoms with Crippen molar-refractivity contribution in [1.82, 2.24) is 0 Å². The lowest BCUT2D eigenvalue weighted by molar-refractivity contribution is -0.171. The van der Waals surface area contributed by atoms with Crippen LogP contribution in [0, 0.1) is 0 Å². The summed E-state index contributed by atoms with van der Waals surface area (Å²) in [6.07, 6.45) is -9.04. The van der Waals surface area contributed by atoms with E-state index in [4.69, 9.17) is 0 Å². The second kappa shape index (κ2) is 6.63. The fourth-order valence-electron chi connectivity index (χ4n) is 0.971. The molecule has 18 heavy (non-hydrogen) atoms. The van der Waals surface area contributed by atoms with Gasteiger partial charge in [-0.1, -0.05) is 11.8 Å². The zero-order valence-electron chi connectivity index (χ0n) is 9.24. The van der Waals surface area contributed by atoms with E-state index in [0.29, 0.717) is 11.8 Å². The van der Waals surface area contributed by atoms with Gasteiger partial charge in [-0.2, -0.15) is 0 Å². The van der Waals surface area contributed by atoms with E-state index in [-0.39, 0.29) is 0 Å². The largest absolute Gasteiger partial charge is 0.309 e. The van der Waals surface area contributed by atoms with Crippen molar-refractivity contribution in [2.45, 2.75) is 37.5 Å². The molecule has 0 spiro atoms. The number of alkyl halides is 7. The Morgan fingerprint density at radius 1 is 1.11 bits per heavy atom. The quantitative estimate of drug-likeness (QED) is 0.669. The molecule has 1 nitrogen and oxygen atoms in total. The maximum atomic E-state index is 13.0. The summed E-state index contributed by atoms with van der Waals surface area (Å²) in [7, 11) is 0. The summed E-state index contributed by atoms with van der Waals surface area (Å²) >= 11 is 0.431. The molecule has 0 aromatic carbocycles. The highest BCUT2D eigenvalue weighted by Gasteiger charge is 2.55. The molecular formula is C9H11F7OS. The summed E-state index contributed by atoms with van der Waals surface area (Å²) in [4.78, 5) is 10.4. The second-order valence-corrected chi connectivity index (χ2v) is 4.82. The molecule has 0 amide bonds. The summed E-state index contributed by atoms with van der Waals surface area (Å²) in [5.41, 5.74) is 0. The molecule has 2 unspecified atom stereocenters. The van der Waals surface area contributed by atoms with Crippen molar-refractivity contribution in [3.8, 4) is 0 Å². The van der Waals surface area contributed by atoms with Crippen LogP contribution in [0.2, 0.25) is 0 Å². The van der Waals surface area contributed by atoms with Crippen LogP contribution >= 0.6 is 11.8 Å². The summed E-state index contributed by atoms with van der Waals surface area (Å²) < 4.78 is 88.1. The first-order chi connectivity index (χ1) is 8.04. The Morgan fingerprint density at radius 3 is 1.94 bits per heavy atom. The fraction of sp³-hybridized carbons (Fsp3) is 0.889. The van der Waals surface area contributed by atoms with Gasteiger partial charge >= 0.3 is 5.92 Å². The minimum absolute atomic E-state index is 0.431. The molecule has 0 saturated heterocycles. The van der Waals surface area contributed by atoms with Crippen LogP contribution in [-0.2, 0) is 4.79 Å². The molecule has 0 N–H and O–H groups in total. The van der Waals surface area contributed by atoms with Gasteiger partial charge in [0.25, 0.3) is 5.92 Å². The maximum absolute atomic E-state index is 13.0. The van der Waals surface area contributed by atoms with E-state index >= 15 is 0 Å². The predicted octanol–water partition coefficient (Wildman–Crippen LogP) is 3.57. The minimum atomic E-state index is -4.80. The SMILES string of the molecule is CC(=O)SCCC(F)(F)C(F)C(F)C(F)(F)CF. The monoisotopic (exact) mass is 300 g/mol. The lowest BCUT2D eigenvalue weighted by atomic mass is 10.0. The first kappa shape index (κ1) is 17.5. The van der Waals surface area contributed by atoms with Gasteiger partial charge in [0.05, 0.1) is 0 Å². The Kier molecular flexibility index (Phi) is 6.45. The standard InChI is InChI=1S/C9H11F7OS/c1-5(17)18-3-2-8(13,14)6(11)7(12)9(15,16)4-10/h6-7H,2-4H2,1H3. The molecule has 108 valence electrons. The molecule has 0 saturated carbocycles. The van der Waals surface area contributed by atoms with Gasteiger partial charge in [0.1, 0.15) is 0 Å². The minimum Gasteiger partial charge on any atom is -0.288 e. The molecule has 0 aliphatic carbocycles. The molecule has 9 heteroatoms. The van der Waals surface area contributed by atoms with Crippen LogP contribution in [-0.4, -0.2) is 41.7 Å². The van der Waals surface area contributed by atoms with E-state index in [9.17, 15) is 35.5 Å². The maximum Gasteiger partial charge on any atom is 0.309 e. The van der Waals surface area contributed by atoms with Crippen molar-refractivity contribution in [3.05, 3.63) is 0 Å². The van der Waals surface area contributed by atoms with E-state index in [1.54, 1.807) is 0 Å². The third kappa shape index (κ3) is 5.03. The number of hydrogen-bond acceptors (Lipinski definition) is 2. The van der Waals surface area contributed by atoms with Crippen LogP contribution in [0.1, 0.15) is 13.3 Å². The number of carbonyl (C=O) groups excluding carboxylic acids is 1. The number of thioether (sulfide) groups is 1. The first-order valence-corrected chi connectivity index (χ1v) is 5.76. The van der Waals surface area contributed by atoms with Gasteiger partial charge in [-0.25, -0.2) is 30.7 Å². The normalized spacial score (nSPS) is 16.4. The lowest BCUT2D eigenvalue weighted by Crippen LogP contribution is -2.47. The second-order valence-electron chi connectivity index (χ2n) is 3.55. The van der Waals surface area contributed by atoms with E-state index < -0.39 is 48.2 Å². The zero-order chi connectivity index (χ0) is 14.6. The van der Waals surface area contributed by atoms with Crippen LogP contribution in [0.4, 0.5) is 30.7 Å². The summed E-state index contributed by atoms with van der Waals surface area (Å²) in [6.45, 7) is -1.49. The molecule has 0 heterocycles. The topological polar surface area (TPSA) is 17.1 Å². The van der Waals surface area contributed by atoms with Crippen molar-refractivity contribution in [2.24, 2.45) is 0 Å². The average Bonchev–Trinajstić information content (AvgIpc) is 2.26. The Bertz CT molecular complexity index is 284. The van der Waals surface area contributed by atoms with Gasteiger partial charge in [0.15, 0.2) is 11.8 Å². The molecule has 0 aromatic heterocycles. The molecule has 0 aromatic rings. The molecule has 0 rings (SSSR count). The molecule has 0 radical (unpaired) electrons. The molecule has 0 aliphatic heterocycles. The lowest BCUT2D eigenvalue weighted by Gasteiger charge is -2.26. The number of halogens is 7. The Labute approximate surface area is 103 Å². The van der Waals surface area contributed by atoms with Crippen molar-refractivity contribution in [2.75, 3.05) is 12.4 Å². The number of rotatable bonds is 7. The highest BCUT2D eigenvalue weighted by Crippen LogP contribution is 2.36. The molecule has 0 bridgehead atoms. The summed E-state index contributed by atoms with van der Waals surface area (Å²) in [5.74, 6) is -9.73.